The van der Waals surface area contributed by atoms with Crippen molar-refractivity contribution >= 4 is 22.6 Å². The van der Waals surface area contributed by atoms with E-state index in [0.717, 1.165) is 23.7 Å². The second-order valence-corrected chi connectivity index (χ2v) is 5.36. The van der Waals surface area contributed by atoms with Crippen LogP contribution in [0.2, 0.25) is 0 Å². The zero-order valence-electron chi connectivity index (χ0n) is 12.5. The van der Waals surface area contributed by atoms with Gasteiger partial charge < -0.3 is 16.8 Å². The zero-order valence-corrected chi connectivity index (χ0v) is 12.5. The molecule has 1 heterocycles. The van der Waals surface area contributed by atoms with Gasteiger partial charge in [-0.3, -0.25) is 4.79 Å². The van der Waals surface area contributed by atoms with Gasteiger partial charge in [0, 0.05) is 17.5 Å². The molecule has 1 aromatic carbocycles. The molecule has 0 aliphatic rings. The number of anilines is 1. The molecule has 5 N–H and O–H groups in total. The fourth-order valence-electron chi connectivity index (χ4n) is 2.24. The standard InChI is InChI=1S/C16H22N4O/c1-3-16(18,4-2)10-19-14-9-12(15(17)21)11-7-5-6-8-13(11)20-14/h5-9H,3-4,10,18H2,1-2H3,(H2,17,21)(H,19,20). The summed E-state index contributed by atoms with van der Waals surface area (Å²) in [7, 11) is 0. The monoisotopic (exact) mass is 286 g/mol. The van der Waals surface area contributed by atoms with Gasteiger partial charge in [-0.15, -0.1) is 0 Å². The molecule has 0 bridgehead atoms. The van der Waals surface area contributed by atoms with E-state index in [1.807, 2.05) is 24.3 Å². The molecule has 5 heteroatoms. The molecule has 0 saturated carbocycles. The predicted molar refractivity (Wildman–Crippen MR) is 86.3 cm³/mol. The van der Waals surface area contributed by atoms with Gasteiger partial charge in [0.1, 0.15) is 5.82 Å². The maximum Gasteiger partial charge on any atom is 0.249 e. The van der Waals surface area contributed by atoms with Crippen LogP contribution in [-0.4, -0.2) is 23.0 Å². The molecule has 2 rings (SSSR count). The summed E-state index contributed by atoms with van der Waals surface area (Å²) in [6, 6.07) is 9.15. The average Bonchev–Trinajstić information content (AvgIpc) is 2.51. The first-order chi connectivity index (χ1) is 9.99. The Kier molecular flexibility index (Phi) is 4.43. The van der Waals surface area contributed by atoms with Crippen molar-refractivity contribution in [3.63, 3.8) is 0 Å². The second-order valence-electron chi connectivity index (χ2n) is 5.36. The van der Waals surface area contributed by atoms with Crippen LogP contribution in [0, 0.1) is 0 Å². The highest BCUT2D eigenvalue weighted by molar-refractivity contribution is 6.06. The normalized spacial score (nSPS) is 11.6. The molecular formula is C16H22N4O. The van der Waals surface area contributed by atoms with Crippen LogP contribution in [0.3, 0.4) is 0 Å². The van der Waals surface area contributed by atoms with E-state index >= 15 is 0 Å². The van der Waals surface area contributed by atoms with Gasteiger partial charge in [-0.2, -0.15) is 0 Å². The highest BCUT2D eigenvalue weighted by Crippen LogP contribution is 2.21. The molecule has 0 spiro atoms. The summed E-state index contributed by atoms with van der Waals surface area (Å²) >= 11 is 0. The number of amides is 1. The SMILES string of the molecule is CCC(N)(CC)CNc1cc(C(N)=O)c2ccccc2n1. The largest absolute Gasteiger partial charge is 0.368 e. The number of aromatic nitrogens is 1. The van der Waals surface area contributed by atoms with Crippen molar-refractivity contribution in [2.45, 2.75) is 32.2 Å². The minimum Gasteiger partial charge on any atom is -0.368 e. The molecule has 0 unspecified atom stereocenters. The summed E-state index contributed by atoms with van der Waals surface area (Å²) in [6.45, 7) is 4.73. The first-order valence-corrected chi connectivity index (χ1v) is 7.21. The van der Waals surface area contributed by atoms with Crippen LogP contribution in [0.15, 0.2) is 30.3 Å². The Bertz CT molecular complexity index is 650. The molecular weight excluding hydrogens is 264 g/mol. The van der Waals surface area contributed by atoms with Crippen molar-refractivity contribution in [2.24, 2.45) is 11.5 Å². The maximum atomic E-state index is 11.6. The van der Waals surface area contributed by atoms with E-state index in [4.69, 9.17) is 11.5 Å². The molecule has 0 saturated heterocycles. The number of nitrogens with zero attached hydrogens (tertiary/aromatic N) is 1. The number of fused-ring (bicyclic) bond motifs is 1. The lowest BCUT2D eigenvalue weighted by Crippen LogP contribution is -2.45. The molecule has 0 radical (unpaired) electrons. The lowest BCUT2D eigenvalue weighted by molar-refractivity contribution is 0.100. The first-order valence-electron chi connectivity index (χ1n) is 7.21. The average molecular weight is 286 g/mol. The summed E-state index contributed by atoms with van der Waals surface area (Å²) in [6.07, 6.45) is 1.74. The van der Waals surface area contributed by atoms with Gasteiger partial charge in [0.05, 0.1) is 11.1 Å². The van der Waals surface area contributed by atoms with Crippen LogP contribution in [0.1, 0.15) is 37.0 Å². The third-order valence-electron chi connectivity index (χ3n) is 4.01. The minimum absolute atomic E-state index is 0.278. The van der Waals surface area contributed by atoms with Crippen LogP contribution in [0.25, 0.3) is 10.9 Å². The van der Waals surface area contributed by atoms with Crippen LogP contribution in [0.4, 0.5) is 5.82 Å². The van der Waals surface area contributed by atoms with Crippen molar-refractivity contribution in [1.82, 2.24) is 4.98 Å². The Balaban J connectivity index is 2.35. The molecule has 0 aliphatic heterocycles. The van der Waals surface area contributed by atoms with Gasteiger partial charge >= 0.3 is 0 Å². The quantitative estimate of drug-likeness (QED) is 0.759. The molecule has 2 aromatic rings. The Hall–Kier alpha value is -2.14. The van der Waals surface area contributed by atoms with Gasteiger partial charge in [0.25, 0.3) is 0 Å². The van der Waals surface area contributed by atoms with Crippen LogP contribution in [0.5, 0.6) is 0 Å². The number of hydrogen-bond acceptors (Lipinski definition) is 4. The number of nitrogens with one attached hydrogen (secondary N) is 1. The molecule has 1 amide bonds. The van der Waals surface area contributed by atoms with Gasteiger partial charge in [-0.05, 0) is 25.0 Å². The predicted octanol–water partition coefficient (Wildman–Crippen LogP) is 2.26. The van der Waals surface area contributed by atoms with E-state index in [0.29, 0.717) is 17.9 Å². The Labute approximate surface area is 124 Å². The number of rotatable bonds is 6. The van der Waals surface area contributed by atoms with Gasteiger partial charge in [0.2, 0.25) is 5.91 Å². The molecule has 0 fully saturated rings. The molecule has 21 heavy (non-hydrogen) atoms. The Morgan fingerprint density at radius 2 is 1.95 bits per heavy atom. The first kappa shape index (κ1) is 15.3. The van der Waals surface area contributed by atoms with E-state index in [2.05, 4.69) is 24.1 Å². The lowest BCUT2D eigenvalue weighted by atomic mass is 9.94. The van der Waals surface area contributed by atoms with Crippen LogP contribution >= 0.6 is 0 Å². The fourth-order valence-corrected chi connectivity index (χ4v) is 2.24. The second kappa shape index (κ2) is 6.10. The van der Waals surface area contributed by atoms with Crippen LogP contribution in [-0.2, 0) is 0 Å². The van der Waals surface area contributed by atoms with E-state index in [1.165, 1.54) is 0 Å². The van der Waals surface area contributed by atoms with Crippen molar-refractivity contribution in [3.05, 3.63) is 35.9 Å². The Morgan fingerprint density at radius 3 is 2.57 bits per heavy atom. The third kappa shape index (κ3) is 3.31. The van der Waals surface area contributed by atoms with Crippen molar-refractivity contribution in [2.75, 3.05) is 11.9 Å². The lowest BCUT2D eigenvalue weighted by Gasteiger charge is -2.27. The summed E-state index contributed by atoms with van der Waals surface area (Å²) in [5.41, 5.74) is 12.7. The van der Waals surface area contributed by atoms with E-state index in [-0.39, 0.29) is 5.54 Å². The van der Waals surface area contributed by atoms with Crippen molar-refractivity contribution in [3.8, 4) is 0 Å². The van der Waals surface area contributed by atoms with E-state index in [1.54, 1.807) is 6.07 Å². The number of benzene rings is 1. The molecule has 0 atom stereocenters. The van der Waals surface area contributed by atoms with E-state index in [9.17, 15) is 4.79 Å². The van der Waals surface area contributed by atoms with Gasteiger partial charge in [-0.1, -0.05) is 32.0 Å². The number of hydrogen-bond donors (Lipinski definition) is 3. The number of para-hydroxylation sites is 1. The topological polar surface area (TPSA) is 94.0 Å². The number of carbonyl (C=O) groups excluding carboxylic acids is 1. The van der Waals surface area contributed by atoms with Crippen molar-refractivity contribution in [1.29, 1.82) is 0 Å². The van der Waals surface area contributed by atoms with Gasteiger partial charge in [-0.25, -0.2) is 4.98 Å². The summed E-state index contributed by atoms with van der Waals surface area (Å²) in [5.74, 6) is 0.167. The van der Waals surface area contributed by atoms with Crippen LogP contribution < -0.4 is 16.8 Å². The number of nitrogens with two attached hydrogens (primary N) is 2. The smallest absolute Gasteiger partial charge is 0.249 e. The summed E-state index contributed by atoms with van der Waals surface area (Å²) < 4.78 is 0. The number of pyridine rings is 1. The van der Waals surface area contributed by atoms with E-state index < -0.39 is 5.91 Å². The Morgan fingerprint density at radius 1 is 1.29 bits per heavy atom. The summed E-state index contributed by atoms with van der Waals surface area (Å²) in [4.78, 5) is 16.1. The molecule has 5 nitrogen and oxygen atoms in total. The maximum absolute atomic E-state index is 11.6. The highest BCUT2D eigenvalue weighted by atomic mass is 16.1. The number of carbonyl (C=O) groups is 1. The third-order valence-corrected chi connectivity index (χ3v) is 4.01. The summed E-state index contributed by atoms with van der Waals surface area (Å²) in [5, 5.41) is 4.00. The molecule has 112 valence electrons. The zero-order chi connectivity index (χ0) is 15.5. The van der Waals surface area contributed by atoms with Crippen molar-refractivity contribution < 1.29 is 4.79 Å². The fraction of sp³-hybridized carbons (Fsp3) is 0.375. The molecule has 1 aromatic heterocycles. The molecule has 0 aliphatic carbocycles. The number of primary amides is 1. The highest BCUT2D eigenvalue weighted by Gasteiger charge is 2.20. The van der Waals surface area contributed by atoms with Gasteiger partial charge in [0.15, 0.2) is 0 Å². The minimum atomic E-state index is -0.457.